The number of aromatic nitrogens is 2. The molecule has 3 rings (SSSR count). The monoisotopic (exact) mass is 286 g/mol. The molecule has 21 heavy (non-hydrogen) atoms. The number of nitrogens with zero attached hydrogens (tertiary/aromatic N) is 2. The second-order valence-electron chi connectivity index (χ2n) is 5.48. The number of aryl methyl sites for hydroxylation is 1. The van der Waals surface area contributed by atoms with E-state index in [4.69, 9.17) is 9.84 Å². The fourth-order valence-electron chi connectivity index (χ4n) is 2.91. The van der Waals surface area contributed by atoms with E-state index in [0.717, 1.165) is 34.7 Å². The average molecular weight is 286 g/mol. The predicted octanol–water partition coefficient (Wildman–Crippen LogP) is 2.38. The molecule has 110 valence electrons. The summed E-state index contributed by atoms with van der Waals surface area (Å²) in [5.74, 6) is -0.247. The summed E-state index contributed by atoms with van der Waals surface area (Å²) >= 11 is 0. The number of ether oxygens (including phenoxy) is 1. The zero-order chi connectivity index (χ0) is 15.0. The number of hydrogen-bond donors (Lipinski definition) is 1. The lowest BCUT2D eigenvalue weighted by Crippen LogP contribution is -2.22. The van der Waals surface area contributed by atoms with E-state index < -0.39 is 5.97 Å². The fraction of sp³-hybridized carbons (Fsp3) is 0.375. The zero-order valence-corrected chi connectivity index (χ0v) is 12.2. The highest BCUT2D eigenvalue weighted by molar-refractivity contribution is 5.71. The van der Waals surface area contributed by atoms with Gasteiger partial charge in [0.05, 0.1) is 19.2 Å². The summed E-state index contributed by atoms with van der Waals surface area (Å²) in [5, 5.41) is 13.6. The van der Waals surface area contributed by atoms with Gasteiger partial charge in [-0.1, -0.05) is 6.07 Å². The van der Waals surface area contributed by atoms with Gasteiger partial charge >= 0.3 is 5.97 Å². The quantitative estimate of drug-likeness (QED) is 0.941. The Labute approximate surface area is 123 Å². The Bertz CT molecular complexity index is 691. The number of benzene rings is 1. The summed E-state index contributed by atoms with van der Waals surface area (Å²) in [4.78, 5) is 11.1. The fourth-order valence-corrected chi connectivity index (χ4v) is 2.91. The molecular formula is C16H18N2O3. The van der Waals surface area contributed by atoms with Crippen LogP contribution in [0.1, 0.15) is 23.2 Å². The van der Waals surface area contributed by atoms with Crippen molar-refractivity contribution in [3.05, 3.63) is 41.2 Å². The maximum atomic E-state index is 11.1. The third kappa shape index (κ3) is 2.39. The molecule has 5 heteroatoms. The standard InChI is InChI=1S/C16H18N2O3/c1-10-3-6-15(21-2)14(7-10)18-13-5-4-11(16(19)20)8-12(13)9-17-18/h3,6-7,9,11H,4-5,8H2,1-2H3,(H,19,20). The number of rotatable bonds is 3. The number of carbonyl (C=O) groups is 1. The molecule has 0 aliphatic heterocycles. The van der Waals surface area contributed by atoms with Gasteiger partial charge < -0.3 is 9.84 Å². The number of hydrogen-bond acceptors (Lipinski definition) is 3. The molecule has 0 bridgehead atoms. The number of carboxylic acids is 1. The van der Waals surface area contributed by atoms with E-state index in [9.17, 15) is 4.79 Å². The molecule has 0 amide bonds. The minimum absolute atomic E-state index is 0.297. The number of aliphatic carboxylic acids is 1. The Kier molecular flexibility index (Phi) is 3.41. The molecule has 1 aliphatic rings. The van der Waals surface area contributed by atoms with Crippen molar-refractivity contribution in [2.75, 3.05) is 7.11 Å². The first-order valence-corrected chi connectivity index (χ1v) is 7.03. The molecule has 0 radical (unpaired) electrons. The van der Waals surface area contributed by atoms with Crippen LogP contribution in [-0.4, -0.2) is 28.0 Å². The Morgan fingerprint density at radius 2 is 2.29 bits per heavy atom. The summed E-state index contributed by atoms with van der Waals surface area (Å²) in [6.07, 6.45) is 3.72. The highest BCUT2D eigenvalue weighted by Crippen LogP contribution is 2.31. The SMILES string of the molecule is COc1ccc(C)cc1-n1ncc2c1CCC(C(=O)O)C2. The van der Waals surface area contributed by atoms with Crippen LogP contribution in [0.25, 0.3) is 5.69 Å². The summed E-state index contributed by atoms with van der Waals surface area (Å²) in [7, 11) is 1.64. The van der Waals surface area contributed by atoms with Crippen molar-refractivity contribution in [3.8, 4) is 11.4 Å². The van der Waals surface area contributed by atoms with Gasteiger partial charge in [0.15, 0.2) is 0 Å². The Morgan fingerprint density at radius 1 is 1.48 bits per heavy atom. The van der Waals surface area contributed by atoms with Gasteiger partial charge in [0.1, 0.15) is 11.4 Å². The van der Waals surface area contributed by atoms with Crippen molar-refractivity contribution in [2.24, 2.45) is 5.92 Å². The van der Waals surface area contributed by atoms with Crippen molar-refractivity contribution in [1.82, 2.24) is 9.78 Å². The van der Waals surface area contributed by atoms with Crippen molar-refractivity contribution in [2.45, 2.75) is 26.2 Å². The largest absolute Gasteiger partial charge is 0.494 e. The first kappa shape index (κ1) is 13.7. The van der Waals surface area contributed by atoms with Crippen LogP contribution in [0.5, 0.6) is 5.75 Å². The topological polar surface area (TPSA) is 64.4 Å². The van der Waals surface area contributed by atoms with E-state index in [2.05, 4.69) is 5.10 Å². The van der Waals surface area contributed by atoms with Crippen molar-refractivity contribution in [1.29, 1.82) is 0 Å². The van der Waals surface area contributed by atoms with Crippen molar-refractivity contribution in [3.63, 3.8) is 0 Å². The smallest absolute Gasteiger partial charge is 0.306 e. The summed E-state index contributed by atoms with van der Waals surface area (Å²) in [5.41, 5.74) is 4.16. The maximum absolute atomic E-state index is 11.1. The molecule has 0 saturated heterocycles. The Hall–Kier alpha value is -2.30. The van der Waals surface area contributed by atoms with Crippen LogP contribution in [0.2, 0.25) is 0 Å². The van der Waals surface area contributed by atoms with Gasteiger partial charge in [-0.2, -0.15) is 5.10 Å². The second-order valence-corrected chi connectivity index (χ2v) is 5.48. The van der Waals surface area contributed by atoms with Crippen LogP contribution in [0, 0.1) is 12.8 Å². The molecule has 1 aliphatic carbocycles. The van der Waals surface area contributed by atoms with Crippen molar-refractivity contribution < 1.29 is 14.6 Å². The van der Waals surface area contributed by atoms with Crippen LogP contribution in [-0.2, 0) is 17.6 Å². The summed E-state index contributed by atoms with van der Waals surface area (Å²) in [6.45, 7) is 2.03. The lowest BCUT2D eigenvalue weighted by Gasteiger charge is -2.20. The lowest BCUT2D eigenvalue weighted by atomic mass is 9.88. The Morgan fingerprint density at radius 3 is 3.00 bits per heavy atom. The van der Waals surface area contributed by atoms with Gasteiger partial charge in [-0.15, -0.1) is 0 Å². The van der Waals surface area contributed by atoms with E-state index in [0.29, 0.717) is 12.8 Å². The molecule has 5 nitrogen and oxygen atoms in total. The summed E-state index contributed by atoms with van der Waals surface area (Å²) in [6, 6.07) is 5.97. The van der Waals surface area contributed by atoms with Gasteiger partial charge in [-0.3, -0.25) is 4.79 Å². The number of methoxy groups -OCH3 is 1. The van der Waals surface area contributed by atoms with E-state index in [1.807, 2.05) is 29.8 Å². The third-order valence-electron chi connectivity index (χ3n) is 4.06. The third-order valence-corrected chi connectivity index (χ3v) is 4.06. The first-order valence-electron chi connectivity index (χ1n) is 7.03. The maximum Gasteiger partial charge on any atom is 0.306 e. The molecule has 0 spiro atoms. The number of fused-ring (bicyclic) bond motifs is 1. The predicted molar refractivity (Wildman–Crippen MR) is 78.0 cm³/mol. The van der Waals surface area contributed by atoms with Crippen LogP contribution in [0.15, 0.2) is 24.4 Å². The molecule has 1 N–H and O–H groups in total. The van der Waals surface area contributed by atoms with Crippen molar-refractivity contribution >= 4 is 5.97 Å². The minimum atomic E-state index is -0.721. The molecule has 1 unspecified atom stereocenters. The molecule has 1 heterocycles. The molecule has 1 atom stereocenters. The van der Waals surface area contributed by atoms with Gasteiger partial charge in [0, 0.05) is 5.69 Å². The number of carboxylic acid groups (broad SMARTS) is 1. The molecule has 1 aromatic heterocycles. The second kappa shape index (κ2) is 5.24. The zero-order valence-electron chi connectivity index (χ0n) is 12.2. The van der Waals surface area contributed by atoms with E-state index in [1.54, 1.807) is 13.3 Å². The molecule has 0 saturated carbocycles. The molecule has 1 aromatic carbocycles. The van der Waals surface area contributed by atoms with Gasteiger partial charge in [-0.25, -0.2) is 4.68 Å². The van der Waals surface area contributed by atoms with Crippen LogP contribution in [0.4, 0.5) is 0 Å². The average Bonchev–Trinajstić information content (AvgIpc) is 2.89. The van der Waals surface area contributed by atoms with Crippen LogP contribution < -0.4 is 4.74 Å². The van der Waals surface area contributed by atoms with E-state index in [-0.39, 0.29) is 5.92 Å². The van der Waals surface area contributed by atoms with Gasteiger partial charge in [-0.05, 0) is 49.4 Å². The Balaban J connectivity index is 2.03. The normalized spacial score (nSPS) is 17.3. The van der Waals surface area contributed by atoms with E-state index in [1.165, 1.54) is 0 Å². The van der Waals surface area contributed by atoms with Gasteiger partial charge in [0.25, 0.3) is 0 Å². The van der Waals surface area contributed by atoms with Gasteiger partial charge in [0.2, 0.25) is 0 Å². The highest BCUT2D eigenvalue weighted by atomic mass is 16.5. The van der Waals surface area contributed by atoms with Crippen LogP contribution >= 0.6 is 0 Å². The first-order chi connectivity index (χ1) is 10.1. The molecule has 2 aromatic rings. The summed E-state index contributed by atoms with van der Waals surface area (Å²) < 4.78 is 7.31. The lowest BCUT2D eigenvalue weighted by molar-refractivity contribution is -0.142. The highest BCUT2D eigenvalue weighted by Gasteiger charge is 2.27. The van der Waals surface area contributed by atoms with E-state index >= 15 is 0 Å². The molecular weight excluding hydrogens is 268 g/mol. The minimum Gasteiger partial charge on any atom is -0.494 e. The van der Waals surface area contributed by atoms with Crippen LogP contribution in [0.3, 0.4) is 0 Å². The molecule has 0 fully saturated rings.